The molecular formula is C14H18N2S2. The lowest BCUT2D eigenvalue weighted by molar-refractivity contribution is 0.301. The van der Waals surface area contributed by atoms with Gasteiger partial charge in [-0.1, -0.05) is 31.4 Å². The number of rotatable bonds is 3. The summed E-state index contributed by atoms with van der Waals surface area (Å²) in [4.78, 5) is 4.65. The minimum atomic E-state index is 0.292. The van der Waals surface area contributed by atoms with Crippen molar-refractivity contribution in [3.8, 4) is 0 Å². The molecule has 4 heteroatoms. The van der Waals surface area contributed by atoms with E-state index in [9.17, 15) is 0 Å². The molecule has 1 aromatic heterocycles. The minimum absolute atomic E-state index is 0.292. The maximum atomic E-state index is 4.65. The highest BCUT2D eigenvalue weighted by molar-refractivity contribution is 7.99. The lowest BCUT2D eigenvalue weighted by Gasteiger charge is -2.33. The maximum absolute atomic E-state index is 4.65. The molecule has 2 nitrogen and oxygen atoms in total. The van der Waals surface area contributed by atoms with Crippen molar-refractivity contribution < 1.29 is 0 Å². The van der Waals surface area contributed by atoms with Crippen LogP contribution >= 0.6 is 23.3 Å². The summed E-state index contributed by atoms with van der Waals surface area (Å²) in [6.45, 7) is 2.34. The van der Waals surface area contributed by atoms with E-state index in [1.807, 2.05) is 6.07 Å². The number of thiazole rings is 1. The first-order valence-corrected chi connectivity index (χ1v) is 8.18. The largest absolute Gasteiger partial charge is 0.252 e. The molecule has 18 heavy (non-hydrogen) atoms. The van der Waals surface area contributed by atoms with E-state index in [0.717, 1.165) is 9.86 Å². The second kappa shape index (κ2) is 5.19. The van der Waals surface area contributed by atoms with Crippen LogP contribution in [0.5, 0.6) is 0 Å². The Morgan fingerprint density at radius 1 is 1.22 bits per heavy atom. The minimum Gasteiger partial charge on any atom is -0.252 e. The van der Waals surface area contributed by atoms with Crippen molar-refractivity contribution in [3.63, 3.8) is 0 Å². The third kappa shape index (κ3) is 2.71. The van der Waals surface area contributed by atoms with Gasteiger partial charge in [0.05, 0.1) is 10.2 Å². The summed E-state index contributed by atoms with van der Waals surface area (Å²) in [5.41, 5.74) is 1.40. The van der Waals surface area contributed by atoms with E-state index in [-0.39, 0.29) is 0 Å². The number of aromatic nitrogens is 1. The third-order valence-corrected chi connectivity index (χ3v) is 5.81. The van der Waals surface area contributed by atoms with E-state index in [1.54, 1.807) is 23.3 Å². The molecule has 0 aliphatic heterocycles. The topological polar surface area (TPSA) is 24.9 Å². The van der Waals surface area contributed by atoms with Crippen LogP contribution in [0, 0.1) is 0 Å². The number of fused-ring (bicyclic) bond motifs is 1. The fourth-order valence-electron chi connectivity index (χ4n) is 2.50. The molecule has 1 saturated carbocycles. The first kappa shape index (κ1) is 12.5. The number of hydrogen-bond donors (Lipinski definition) is 1. The Bertz CT molecular complexity index is 496. The van der Waals surface area contributed by atoms with Gasteiger partial charge in [0.1, 0.15) is 0 Å². The summed E-state index contributed by atoms with van der Waals surface area (Å²) in [7, 11) is 0. The van der Waals surface area contributed by atoms with Crippen LogP contribution in [0.15, 0.2) is 28.6 Å². The molecule has 0 atom stereocenters. The molecule has 0 amide bonds. The number of benzene rings is 1. The lowest BCUT2D eigenvalue weighted by Crippen LogP contribution is -2.39. The molecule has 0 unspecified atom stereocenters. The van der Waals surface area contributed by atoms with Crippen LogP contribution in [-0.2, 0) is 0 Å². The molecule has 0 radical (unpaired) electrons. The molecule has 0 saturated heterocycles. The lowest BCUT2D eigenvalue weighted by atomic mass is 9.84. The maximum Gasteiger partial charge on any atom is 0.166 e. The summed E-state index contributed by atoms with van der Waals surface area (Å²) < 4.78 is 6.04. The van der Waals surface area contributed by atoms with E-state index in [2.05, 4.69) is 34.8 Å². The average molecular weight is 278 g/mol. The van der Waals surface area contributed by atoms with Crippen LogP contribution < -0.4 is 4.72 Å². The Labute approximate surface area is 116 Å². The number of para-hydroxylation sites is 1. The Kier molecular flexibility index (Phi) is 3.59. The van der Waals surface area contributed by atoms with Crippen molar-refractivity contribution in [1.29, 1.82) is 0 Å². The van der Waals surface area contributed by atoms with Gasteiger partial charge in [0.2, 0.25) is 0 Å². The number of hydrogen-bond acceptors (Lipinski definition) is 4. The van der Waals surface area contributed by atoms with Crippen LogP contribution in [0.2, 0.25) is 0 Å². The quantitative estimate of drug-likeness (QED) is 0.830. The molecular weight excluding hydrogens is 260 g/mol. The van der Waals surface area contributed by atoms with Gasteiger partial charge in [-0.05, 0) is 43.8 Å². The van der Waals surface area contributed by atoms with Crippen molar-refractivity contribution in [2.24, 2.45) is 0 Å². The predicted molar refractivity (Wildman–Crippen MR) is 80.1 cm³/mol. The zero-order valence-corrected chi connectivity index (χ0v) is 12.2. The average Bonchev–Trinajstić information content (AvgIpc) is 2.80. The van der Waals surface area contributed by atoms with Crippen molar-refractivity contribution in [2.75, 3.05) is 0 Å². The molecule has 1 aliphatic carbocycles. The van der Waals surface area contributed by atoms with Gasteiger partial charge >= 0.3 is 0 Å². The van der Waals surface area contributed by atoms with Crippen molar-refractivity contribution >= 4 is 33.5 Å². The fourth-order valence-corrected chi connectivity index (χ4v) is 4.44. The Balaban J connectivity index is 1.69. The van der Waals surface area contributed by atoms with Crippen LogP contribution in [0.1, 0.15) is 39.0 Å². The molecule has 1 aliphatic rings. The highest BCUT2D eigenvalue weighted by Crippen LogP contribution is 2.33. The van der Waals surface area contributed by atoms with Crippen LogP contribution in [-0.4, -0.2) is 10.5 Å². The molecule has 0 bridgehead atoms. The highest BCUT2D eigenvalue weighted by atomic mass is 32.2. The van der Waals surface area contributed by atoms with Gasteiger partial charge in [0.15, 0.2) is 4.34 Å². The van der Waals surface area contributed by atoms with Crippen molar-refractivity contribution in [2.45, 2.75) is 48.9 Å². The summed E-state index contributed by atoms with van der Waals surface area (Å²) in [5, 5.41) is 0. The second-order valence-electron chi connectivity index (χ2n) is 5.27. The van der Waals surface area contributed by atoms with E-state index in [0.29, 0.717) is 5.54 Å². The standard InChI is InChI=1S/C14H18N2S2/c1-14(9-5-2-6-10-14)16-18-13-15-11-7-3-4-8-12(11)17-13/h3-4,7-8,16H,2,5-6,9-10H2,1H3. The zero-order valence-electron chi connectivity index (χ0n) is 10.6. The summed E-state index contributed by atoms with van der Waals surface area (Å²) in [6.07, 6.45) is 6.66. The highest BCUT2D eigenvalue weighted by Gasteiger charge is 2.26. The molecule has 1 N–H and O–H groups in total. The monoisotopic (exact) mass is 278 g/mol. The predicted octanol–water partition coefficient (Wildman–Crippen LogP) is 4.62. The summed E-state index contributed by atoms with van der Waals surface area (Å²) in [6, 6.07) is 8.34. The Morgan fingerprint density at radius 2 is 2.00 bits per heavy atom. The Morgan fingerprint density at radius 3 is 2.78 bits per heavy atom. The van der Waals surface area contributed by atoms with E-state index in [1.165, 1.54) is 36.8 Å². The first-order chi connectivity index (χ1) is 8.75. The summed E-state index contributed by atoms with van der Waals surface area (Å²) in [5.74, 6) is 0. The van der Waals surface area contributed by atoms with Gasteiger partial charge in [-0.2, -0.15) is 0 Å². The van der Waals surface area contributed by atoms with E-state index >= 15 is 0 Å². The van der Waals surface area contributed by atoms with Gasteiger partial charge in [0, 0.05) is 5.54 Å². The molecule has 1 heterocycles. The number of nitrogens with one attached hydrogen (secondary N) is 1. The molecule has 0 spiro atoms. The molecule has 1 aromatic carbocycles. The first-order valence-electron chi connectivity index (χ1n) is 6.55. The number of nitrogens with zero attached hydrogens (tertiary/aromatic N) is 1. The van der Waals surface area contributed by atoms with Crippen molar-refractivity contribution in [1.82, 2.24) is 9.71 Å². The molecule has 1 fully saturated rings. The smallest absolute Gasteiger partial charge is 0.166 e. The van der Waals surface area contributed by atoms with Crippen molar-refractivity contribution in [3.05, 3.63) is 24.3 Å². The molecule has 96 valence electrons. The summed E-state index contributed by atoms with van der Waals surface area (Å²) >= 11 is 3.48. The Hall–Kier alpha value is -0.580. The van der Waals surface area contributed by atoms with Crippen LogP contribution in [0.4, 0.5) is 0 Å². The van der Waals surface area contributed by atoms with Gasteiger partial charge in [-0.3, -0.25) is 4.72 Å². The van der Waals surface area contributed by atoms with Gasteiger partial charge in [-0.25, -0.2) is 4.98 Å². The van der Waals surface area contributed by atoms with Crippen LogP contribution in [0.25, 0.3) is 10.2 Å². The zero-order chi connectivity index (χ0) is 12.4. The van der Waals surface area contributed by atoms with Gasteiger partial charge < -0.3 is 0 Å². The fraction of sp³-hybridized carbons (Fsp3) is 0.500. The van der Waals surface area contributed by atoms with Gasteiger partial charge in [-0.15, -0.1) is 11.3 Å². The molecule has 2 aromatic rings. The molecule has 3 rings (SSSR count). The second-order valence-corrected chi connectivity index (χ2v) is 7.36. The van der Waals surface area contributed by atoms with E-state index in [4.69, 9.17) is 0 Å². The van der Waals surface area contributed by atoms with E-state index < -0.39 is 0 Å². The SMILES string of the molecule is CC1(NSc2nc3ccccc3s2)CCCCC1. The van der Waals surface area contributed by atoms with Crippen LogP contribution in [0.3, 0.4) is 0 Å². The normalized spacial score (nSPS) is 19.2. The van der Waals surface area contributed by atoms with Gasteiger partial charge in [0.25, 0.3) is 0 Å². The third-order valence-electron chi connectivity index (χ3n) is 3.62.